The van der Waals surface area contributed by atoms with Gasteiger partial charge >= 0.3 is 12.1 Å². The van der Waals surface area contributed by atoms with Crippen LogP contribution in [0.25, 0.3) is 0 Å². The second kappa shape index (κ2) is 26.5. The number of ether oxygens (including phenoxy) is 6. The number of rotatable bonds is 30. The molecule has 2 aliphatic heterocycles. The topological polar surface area (TPSA) is 84.5 Å². The van der Waals surface area contributed by atoms with E-state index in [-0.39, 0.29) is 25.9 Å². The lowest BCUT2D eigenvalue weighted by Crippen LogP contribution is -2.69. The van der Waals surface area contributed by atoms with Gasteiger partial charge in [-0.25, -0.2) is 0 Å². The third-order valence-corrected chi connectivity index (χ3v) is 9.83. The van der Waals surface area contributed by atoms with Crippen molar-refractivity contribution in [3.8, 4) is 0 Å². The predicted molar refractivity (Wildman–Crippen MR) is 195 cm³/mol. The van der Waals surface area contributed by atoms with E-state index >= 15 is 0 Å². The molecule has 2 fully saturated rings. The molecular formula is C40H72F3NO7. The van der Waals surface area contributed by atoms with Crippen molar-refractivity contribution in [2.75, 3.05) is 26.4 Å². The van der Waals surface area contributed by atoms with Gasteiger partial charge in [0.15, 0.2) is 12.1 Å². The first-order valence-electron chi connectivity index (χ1n) is 20.3. The van der Waals surface area contributed by atoms with Gasteiger partial charge in [0.05, 0.1) is 19.3 Å². The number of halogens is 3. The lowest BCUT2D eigenvalue weighted by Gasteiger charge is -2.51. The third kappa shape index (κ3) is 19.6. The first kappa shape index (κ1) is 45.9. The summed E-state index contributed by atoms with van der Waals surface area (Å²) < 4.78 is 76.8. The van der Waals surface area contributed by atoms with Crippen molar-refractivity contribution in [1.29, 1.82) is 0 Å². The van der Waals surface area contributed by atoms with E-state index < -0.39 is 48.5 Å². The molecule has 0 aliphatic carbocycles. The van der Waals surface area contributed by atoms with Crippen LogP contribution in [0.3, 0.4) is 0 Å². The maximum absolute atomic E-state index is 13.5. The summed E-state index contributed by atoms with van der Waals surface area (Å²) in [6, 6.07) is -1.28. The fraction of sp³-hybridized carbons (Fsp3) is 0.925. The number of fused-ring (bicyclic) bond motifs is 1. The van der Waals surface area contributed by atoms with Gasteiger partial charge in [-0.3, -0.25) is 4.79 Å². The summed E-state index contributed by atoms with van der Waals surface area (Å²) in [5.74, 6) is -3.11. The number of amides is 1. The van der Waals surface area contributed by atoms with E-state index in [0.29, 0.717) is 13.0 Å². The summed E-state index contributed by atoms with van der Waals surface area (Å²) in [5, 5.41) is 2.09. The summed E-state index contributed by atoms with van der Waals surface area (Å²) in [6.07, 6.45) is 17.8. The van der Waals surface area contributed by atoms with Crippen molar-refractivity contribution in [2.24, 2.45) is 0 Å². The molecule has 0 saturated carbocycles. The van der Waals surface area contributed by atoms with Gasteiger partial charge < -0.3 is 33.7 Å². The van der Waals surface area contributed by atoms with Crippen molar-refractivity contribution in [1.82, 2.24) is 5.32 Å². The Hall–Kier alpha value is -1.24. The van der Waals surface area contributed by atoms with E-state index in [1.807, 2.05) is 0 Å². The van der Waals surface area contributed by atoms with Crippen LogP contribution in [0.5, 0.6) is 0 Å². The van der Waals surface area contributed by atoms with Gasteiger partial charge in [0, 0.05) is 13.2 Å². The van der Waals surface area contributed by atoms with Gasteiger partial charge in [-0.05, 0) is 33.1 Å². The van der Waals surface area contributed by atoms with E-state index in [0.717, 1.165) is 32.1 Å². The summed E-state index contributed by atoms with van der Waals surface area (Å²) in [7, 11) is 0. The average Bonchev–Trinajstić information content (AvgIpc) is 3.08. The minimum Gasteiger partial charge on any atom is -0.378 e. The fourth-order valence-corrected chi connectivity index (χ4v) is 6.88. The molecule has 0 unspecified atom stereocenters. The number of hydrogen-bond donors (Lipinski definition) is 1. The summed E-state index contributed by atoms with van der Waals surface area (Å²) >= 11 is 0. The standard InChI is InChI=1S/C40H72F3NO7/c1-6-9-11-13-15-17-19-21-23-25-29-46-32(26-24-22-20-18-16-14-12-10-7-2)27-30-47-36-34(44-38(45)40(41,42)43)37(48-28-8-3)50-33-31-49-39(4,5)51-35(33)36/h8,32-37H,3,6-7,9-31H2,1-2,4-5H3,(H,44,45)/t32-,33-,34-,35-,36-,37+/m1/s1. The zero-order chi connectivity index (χ0) is 37.4. The molecule has 8 nitrogen and oxygen atoms in total. The maximum Gasteiger partial charge on any atom is 0.471 e. The third-order valence-electron chi connectivity index (χ3n) is 9.83. The van der Waals surface area contributed by atoms with Crippen molar-refractivity contribution in [2.45, 2.75) is 211 Å². The first-order chi connectivity index (χ1) is 24.5. The van der Waals surface area contributed by atoms with E-state index in [1.165, 1.54) is 102 Å². The number of nitrogens with one attached hydrogen (secondary N) is 1. The minimum atomic E-state index is -5.09. The van der Waals surface area contributed by atoms with Crippen LogP contribution in [0.4, 0.5) is 13.2 Å². The second-order valence-electron chi connectivity index (χ2n) is 14.9. The normalized spacial score (nSPS) is 23.9. The van der Waals surface area contributed by atoms with Crippen molar-refractivity contribution in [3.63, 3.8) is 0 Å². The fourth-order valence-electron chi connectivity index (χ4n) is 6.88. The van der Waals surface area contributed by atoms with Gasteiger partial charge in [-0.1, -0.05) is 135 Å². The molecule has 0 spiro atoms. The van der Waals surface area contributed by atoms with Crippen LogP contribution in [0.1, 0.15) is 163 Å². The molecule has 0 aromatic carbocycles. The van der Waals surface area contributed by atoms with Crippen LogP contribution in [0.2, 0.25) is 0 Å². The Labute approximate surface area is 307 Å². The molecule has 51 heavy (non-hydrogen) atoms. The van der Waals surface area contributed by atoms with Crippen LogP contribution in [0.15, 0.2) is 12.7 Å². The Morgan fingerprint density at radius 1 is 0.824 bits per heavy atom. The molecule has 11 heteroatoms. The highest BCUT2D eigenvalue weighted by atomic mass is 19.4. The van der Waals surface area contributed by atoms with E-state index in [4.69, 9.17) is 28.4 Å². The van der Waals surface area contributed by atoms with Crippen molar-refractivity contribution >= 4 is 5.91 Å². The Kier molecular flexibility index (Phi) is 23.9. The zero-order valence-corrected chi connectivity index (χ0v) is 32.4. The predicted octanol–water partition coefficient (Wildman–Crippen LogP) is 10.1. The van der Waals surface area contributed by atoms with Crippen LogP contribution in [-0.2, 0) is 33.2 Å². The van der Waals surface area contributed by atoms with Gasteiger partial charge in [-0.15, -0.1) is 6.58 Å². The highest BCUT2D eigenvalue weighted by Crippen LogP contribution is 2.35. The number of unbranched alkanes of at least 4 members (excludes halogenated alkanes) is 17. The Morgan fingerprint density at radius 2 is 1.37 bits per heavy atom. The summed E-state index contributed by atoms with van der Waals surface area (Å²) in [4.78, 5) is 12.2. The molecular weight excluding hydrogens is 663 g/mol. The van der Waals surface area contributed by atoms with E-state index in [2.05, 4.69) is 25.7 Å². The Morgan fingerprint density at radius 3 is 1.92 bits per heavy atom. The number of carbonyl (C=O) groups excluding carboxylic acids is 1. The van der Waals surface area contributed by atoms with Gasteiger partial charge in [-0.2, -0.15) is 13.2 Å². The minimum absolute atomic E-state index is 0.00792. The second-order valence-corrected chi connectivity index (χ2v) is 14.9. The lowest BCUT2D eigenvalue weighted by molar-refractivity contribution is -0.371. The van der Waals surface area contributed by atoms with Crippen LogP contribution < -0.4 is 5.32 Å². The first-order valence-corrected chi connectivity index (χ1v) is 20.3. The van der Waals surface area contributed by atoms with Crippen LogP contribution >= 0.6 is 0 Å². The molecule has 1 amide bonds. The number of alkyl halides is 3. The highest BCUT2D eigenvalue weighted by molar-refractivity contribution is 5.82. The van der Waals surface area contributed by atoms with Gasteiger partial charge in [0.25, 0.3) is 0 Å². The molecule has 6 atom stereocenters. The maximum atomic E-state index is 13.5. The molecule has 0 aromatic heterocycles. The van der Waals surface area contributed by atoms with Crippen LogP contribution in [0, 0.1) is 0 Å². The van der Waals surface area contributed by atoms with Crippen LogP contribution in [-0.4, -0.2) is 81.0 Å². The quantitative estimate of drug-likeness (QED) is 0.0581. The van der Waals surface area contributed by atoms with Crippen molar-refractivity contribution < 1.29 is 46.4 Å². The molecule has 0 aromatic rings. The molecule has 0 bridgehead atoms. The van der Waals surface area contributed by atoms with Crippen molar-refractivity contribution in [3.05, 3.63) is 12.7 Å². The molecule has 300 valence electrons. The summed E-state index contributed by atoms with van der Waals surface area (Å²) in [6.45, 7) is 12.6. The molecule has 1 N–H and O–H groups in total. The summed E-state index contributed by atoms with van der Waals surface area (Å²) in [5.41, 5.74) is 0. The van der Waals surface area contributed by atoms with Gasteiger partial charge in [0.1, 0.15) is 24.4 Å². The molecule has 2 aliphatic rings. The zero-order valence-electron chi connectivity index (χ0n) is 32.4. The largest absolute Gasteiger partial charge is 0.471 e. The lowest BCUT2D eigenvalue weighted by atomic mass is 9.94. The number of carbonyl (C=O) groups is 1. The average molecular weight is 736 g/mol. The Bertz CT molecular complexity index is 906. The smallest absolute Gasteiger partial charge is 0.378 e. The monoisotopic (exact) mass is 736 g/mol. The number of hydrogen-bond acceptors (Lipinski definition) is 7. The molecule has 2 saturated heterocycles. The molecule has 2 rings (SSSR count). The molecule has 2 heterocycles. The highest BCUT2D eigenvalue weighted by Gasteiger charge is 2.54. The Balaban J connectivity index is 2.00. The van der Waals surface area contributed by atoms with E-state index in [9.17, 15) is 18.0 Å². The SMILES string of the molecule is C=CCO[C@H]1O[C@@H]2COC(C)(C)O[C@H]2[C@H](OCC[C@@H](CCCCCCCCCCC)OCCCCCCCCCCCC)[C@H]1NC(=O)C(F)(F)F. The van der Waals surface area contributed by atoms with Gasteiger partial charge in [0.2, 0.25) is 0 Å². The molecule has 0 radical (unpaired) electrons. The van der Waals surface area contributed by atoms with E-state index in [1.54, 1.807) is 13.8 Å².